The Labute approximate surface area is 161 Å². The van der Waals surface area contributed by atoms with Crippen LogP contribution in [0.3, 0.4) is 0 Å². The molecule has 26 heavy (non-hydrogen) atoms. The van der Waals surface area contributed by atoms with Gasteiger partial charge in [0.2, 0.25) is 10.0 Å². The van der Waals surface area contributed by atoms with Crippen LogP contribution in [0.25, 0.3) is 0 Å². The highest BCUT2D eigenvalue weighted by Crippen LogP contribution is 2.30. The van der Waals surface area contributed by atoms with Crippen LogP contribution >= 0.6 is 11.6 Å². The predicted octanol–water partition coefficient (Wildman–Crippen LogP) is 2.47. The summed E-state index contributed by atoms with van der Waals surface area (Å²) in [5.41, 5.74) is 0. The second-order valence-corrected chi connectivity index (χ2v) is 9.23. The SMILES string of the molecule is COc1ccc(S(=O)(=O)N2CCC(CCN3CCOCC3)CC2)cc1Cl. The maximum atomic E-state index is 12.9. The van der Waals surface area contributed by atoms with Crippen LogP contribution in [-0.4, -0.2) is 70.7 Å². The molecule has 0 radical (unpaired) electrons. The molecule has 2 fully saturated rings. The number of hydrogen-bond donors (Lipinski definition) is 0. The number of rotatable bonds is 6. The van der Waals surface area contributed by atoms with Gasteiger partial charge in [-0.3, -0.25) is 4.90 Å². The fraction of sp³-hybridized carbons (Fsp3) is 0.667. The molecule has 2 saturated heterocycles. The van der Waals surface area contributed by atoms with Crippen molar-refractivity contribution in [1.82, 2.24) is 9.21 Å². The summed E-state index contributed by atoms with van der Waals surface area (Å²) in [4.78, 5) is 2.67. The Morgan fingerprint density at radius 1 is 1.19 bits per heavy atom. The lowest BCUT2D eigenvalue weighted by atomic mass is 9.94. The van der Waals surface area contributed by atoms with Crippen molar-refractivity contribution in [1.29, 1.82) is 0 Å². The maximum Gasteiger partial charge on any atom is 0.243 e. The molecule has 0 atom stereocenters. The minimum absolute atomic E-state index is 0.232. The molecular formula is C18H27ClN2O4S. The first-order chi connectivity index (χ1) is 12.5. The first-order valence-electron chi connectivity index (χ1n) is 9.14. The molecule has 2 aliphatic heterocycles. The highest BCUT2D eigenvalue weighted by molar-refractivity contribution is 7.89. The molecule has 8 heteroatoms. The molecule has 0 bridgehead atoms. The molecule has 3 rings (SSSR count). The Morgan fingerprint density at radius 2 is 1.88 bits per heavy atom. The molecule has 6 nitrogen and oxygen atoms in total. The van der Waals surface area contributed by atoms with Gasteiger partial charge in [0.1, 0.15) is 5.75 Å². The molecule has 2 heterocycles. The van der Waals surface area contributed by atoms with Crippen LogP contribution < -0.4 is 4.74 Å². The van der Waals surface area contributed by atoms with Crippen LogP contribution in [0.5, 0.6) is 5.75 Å². The van der Waals surface area contributed by atoms with Crippen LogP contribution in [-0.2, 0) is 14.8 Å². The van der Waals surface area contributed by atoms with Gasteiger partial charge in [0.05, 0.1) is 30.2 Å². The van der Waals surface area contributed by atoms with Crippen LogP contribution in [0.2, 0.25) is 5.02 Å². The van der Waals surface area contributed by atoms with Crippen LogP contribution in [0.1, 0.15) is 19.3 Å². The second kappa shape index (κ2) is 8.89. The maximum absolute atomic E-state index is 12.9. The van der Waals surface area contributed by atoms with Crippen molar-refractivity contribution in [2.24, 2.45) is 5.92 Å². The molecule has 146 valence electrons. The Balaban J connectivity index is 1.54. The molecule has 1 aromatic carbocycles. The lowest BCUT2D eigenvalue weighted by Gasteiger charge is -2.33. The highest BCUT2D eigenvalue weighted by atomic mass is 35.5. The van der Waals surface area contributed by atoms with Crippen molar-refractivity contribution < 1.29 is 17.9 Å². The van der Waals surface area contributed by atoms with E-state index in [9.17, 15) is 8.42 Å². The van der Waals surface area contributed by atoms with Gasteiger partial charge in [0, 0.05) is 26.2 Å². The Hall–Kier alpha value is -0.860. The van der Waals surface area contributed by atoms with Gasteiger partial charge in [-0.1, -0.05) is 11.6 Å². The molecule has 0 spiro atoms. The van der Waals surface area contributed by atoms with Crippen molar-refractivity contribution in [2.75, 3.05) is 53.0 Å². The third kappa shape index (κ3) is 4.70. The van der Waals surface area contributed by atoms with Gasteiger partial charge in [-0.05, 0) is 49.9 Å². The molecule has 0 unspecified atom stereocenters. The van der Waals surface area contributed by atoms with E-state index in [2.05, 4.69) is 4.90 Å². The third-order valence-corrected chi connectivity index (χ3v) is 7.48. The van der Waals surface area contributed by atoms with Crippen LogP contribution in [0.4, 0.5) is 0 Å². The van der Waals surface area contributed by atoms with Crippen molar-refractivity contribution in [3.8, 4) is 5.75 Å². The number of morpholine rings is 1. The van der Waals surface area contributed by atoms with E-state index >= 15 is 0 Å². The van der Waals surface area contributed by atoms with E-state index in [0.29, 0.717) is 29.8 Å². The van der Waals surface area contributed by atoms with Gasteiger partial charge in [-0.2, -0.15) is 4.31 Å². The summed E-state index contributed by atoms with van der Waals surface area (Å²) >= 11 is 6.09. The third-order valence-electron chi connectivity index (χ3n) is 5.29. The molecule has 2 aliphatic rings. The zero-order valence-electron chi connectivity index (χ0n) is 15.2. The van der Waals surface area contributed by atoms with E-state index in [-0.39, 0.29) is 4.90 Å². The average molecular weight is 403 g/mol. The smallest absolute Gasteiger partial charge is 0.243 e. The van der Waals surface area contributed by atoms with Gasteiger partial charge in [-0.25, -0.2) is 8.42 Å². The molecular weight excluding hydrogens is 376 g/mol. The number of benzene rings is 1. The van der Waals surface area contributed by atoms with Crippen molar-refractivity contribution in [3.63, 3.8) is 0 Å². The number of methoxy groups -OCH3 is 1. The number of piperidine rings is 1. The Morgan fingerprint density at radius 3 is 2.50 bits per heavy atom. The molecule has 0 amide bonds. The largest absolute Gasteiger partial charge is 0.495 e. The van der Waals surface area contributed by atoms with E-state index in [4.69, 9.17) is 21.1 Å². The summed E-state index contributed by atoms with van der Waals surface area (Å²) in [5.74, 6) is 1.07. The van der Waals surface area contributed by atoms with Crippen LogP contribution in [0, 0.1) is 5.92 Å². The topological polar surface area (TPSA) is 59.1 Å². The van der Waals surface area contributed by atoms with E-state index in [1.807, 2.05) is 0 Å². The lowest BCUT2D eigenvalue weighted by molar-refractivity contribution is 0.0343. The quantitative estimate of drug-likeness (QED) is 0.731. The standard InChI is InChI=1S/C18H27ClN2O4S/c1-24-18-3-2-16(14-17(18)19)26(22,23)21-8-5-15(6-9-21)4-7-20-10-12-25-13-11-20/h2-3,14-15H,4-13H2,1H3. The summed E-state index contributed by atoms with van der Waals surface area (Å²) < 4.78 is 37.8. The summed E-state index contributed by atoms with van der Waals surface area (Å²) in [6.45, 7) is 5.87. The average Bonchev–Trinajstić information content (AvgIpc) is 2.67. The second-order valence-electron chi connectivity index (χ2n) is 6.89. The van der Waals surface area contributed by atoms with Gasteiger partial charge in [-0.15, -0.1) is 0 Å². The van der Waals surface area contributed by atoms with Crippen molar-refractivity contribution >= 4 is 21.6 Å². The van der Waals surface area contributed by atoms with Gasteiger partial charge in [0.25, 0.3) is 0 Å². The van der Waals surface area contributed by atoms with E-state index in [0.717, 1.165) is 52.1 Å². The van der Waals surface area contributed by atoms with E-state index < -0.39 is 10.0 Å². The number of sulfonamides is 1. The molecule has 0 saturated carbocycles. The molecule has 0 N–H and O–H groups in total. The van der Waals surface area contributed by atoms with Crippen LogP contribution in [0.15, 0.2) is 23.1 Å². The summed E-state index contributed by atoms with van der Waals surface area (Å²) in [6.07, 6.45) is 2.95. The lowest BCUT2D eigenvalue weighted by Crippen LogP contribution is -2.40. The summed E-state index contributed by atoms with van der Waals surface area (Å²) in [5, 5.41) is 0.314. The minimum atomic E-state index is -3.50. The van der Waals surface area contributed by atoms with E-state index in [1.165, 1.54) is 13.2 Å². The van der Waals surface area contributed by atoms with E-state index in [1.54, 1.807) is 16.4 Å². The van der Waals surface area contributed by atoms with Crippen molar-refractivity contribution in [3.05, 3.63) is 23.2 Å². The first kappa shape index (κ1) is 19.9. The van der Waals surface area contributed by atoms with Gasteiger partial charge < -0.3 is 9.47 Å². The normalized spacial score (nSPS) is 21.0. The number of nitrogens with zero attached hydrogens (tertiary/aromatic N) is 2. The predicted molar refractivity (Wildman–Crippen MR) is 101 cm³/mol. The molecule has 0 aliphatic carbocycles. The first-order valence-corrected chi connectivity index (χ1v) is 11.0. The Kier molecular flexibility index (Phi) is 6.80. The summed E-state index contributed by atoms with van der Waals surface area (Å²) in [7, 11) is -1.99. The molecule has 0 aromatic heterocycles. The molecule has 1 aromatic rings. The minimum Gasteiger partial charge on any atom is -0.495 e. The zero-order chi connectivity index (χ0) is 18.6. The number of hydrogen-bond acceptors (Lipinski definition) is 5. The zero-order valence-corrected chi connectivity index (χ0v) is 16.8. The number of ether oxygens (including phenoxy) is 2. The van der Waals surface area contributed by atoms with Gasteiger partial charge in [0.15, 0.2) is 0 Å². The monoisotopic (exact) mass is 402 g/mol. The Bertz CT molecular complexity index is 699. The summed E-state index contributed by atoms with van der Waals surface area (Å²) in [6, 6.07) is 4.63. The van der Waals surface area contributed by atoms with Gasteiger partial charge >= 0.3 is 0 Å². The van der Waals surface area contributed by atoms with Crippen molar-refractivity contribution in [2.45, 2.75) is 24.2 Å². The fourth-order valence-corrected chi connectivity index (χ4v) is 5.40. The highest BCUT2D eigenvalue weighted by Gasteiger charge is 2.30. The number of halogens is 1. The fourth-order valence-electron chi connectivity index (χ4n) is 3.58.